The maximum absolute atomic E-state index is 13.5. The van der Waals surface area contributed by atoms with Crippen LogP contribution < -0.4 is 9.47 Å². The largest absolute Gasteiger partial charge is 0.507 e. The Kier molecular flexibility index (Phi) is 7.12. The molecule has 3 aromatic rings. The number of rotatable bonds is 6. The zero-order valence-electron chi connectivity index (χ0n) is 22.2. The zero-order valence-corrected chi connectivity index (χ0v) is 22.2. The van der Waals surface area contributed by atoms with Gasteiger partial charge in [0.05, 0.1) is 37.9 Å². The second kappa shape index (κ2) is 10.1. The van der Waals surface area contributed by atoms with Gasteiger partial charge in [0.2, 0.25) is 0 Å². The molecule has 3 aromatic carbocycles. The molecule has 1 heterocycles. The first-order valence-corrected chi connectivity index (χ1v) is 12.2. The molecular weight excluding hydrogens is 466 g/mol. The summed E-state index contributed by atoms with van der Waals surface area (Å²) < 4.78 is 11.0. The number of para-hydroxylation sites is 1. The average molecular weight is 500 g/mol. The van der Waals surface area contributed by atoms with Crippen LogP contribution in [0.2, 0.25) is 0 Å². The number of aliphatic hydroxyl groups excluding tert-OH is 1. The molecule has 0 spiro atoms. The normalized spacial score (nSPS) is 17.2. The van der Waals surface area contributed by atoms with Crippen molar-refractivity contribution in [1.29, 1.82) is 0 Å². The molecule has 6 heteroatoms. The molecule has 1 unspecified atom stereocenters. The minimum Gasteiger partial charge on any atom is -0.507 e. The van der Waals surface area contributed by atoms with Gasteiger partial charge in [0.15, 0.2) is 0 Å². The van der Waals surface area contributed by atoms with Gasteiger partial charge < -0.3 is 19.5 Å². The minimum absolute atomic E-state index is 0.0369. The highest BCUT2D eigenvalue weighted by Crippen LogP contribution is 2.43. The Hall–Kier alpha value is -4.06. The smallest absolute Gasteiger partial charge is 0.295 e. The van der Waals surface area contributed by atoms with E-state index in [1.54, 1.807) is 13.2 Å². The lowest BCUT2D eigenvalue weighted by molar-refractivity contribution is -0.140. The molecule has 1 atom stereocenters. The highest BCUT2D eigenvalue weighted by Gasteiger charge is 2.46. The van der Waals surface area contributed by atoms with Gasteiger partial charge in [-0.15, -0.1) is 0 Å². The van der Waals surface area contributed by atoms with Gasteiger partial charge in [-0.3, -0.25) is 9.59 Å². The van der Waals surface area contributed by atoms with Crippen molar-refractivity contribution < 1.29 is 24.2 Å². The van der Waals surface area contributed by atoms with E-state index in [1.165, 1.54) is 12.0 Å². The zero-order chi connectivity index (χ0) is 26.9. The van der Waals surface area contributed by atoms with Crippen molar-refractivity contribution in [1.82, 2.24) is 4.90 Å². The molecule has 4 rings (SSSR count). The van der Waals surface area contributed by atoms with Crippen molar-refractivity contribution >= 4 is 17.4 Å². The number of ketones is 1. The molecule has 1 N–H and O–H groups in total. The van der Waals surface area contributed by atoms with Crippen LogP contribution in [0.3, 0.4) is 0 Å². The number of aryl methyl sites for hydroxylation is 1. The van der Waals surface area contributed by atoms with E-state index in [9.17, 15) is 14.7 Å². The number of likely N-dealkylation sites (tertiary alicyclic amines) is 1. The number of nitrogens with zero attached hydrogens (tertiary/aromatic N) is 1. The SMILES string of the molecule is COc1ccccc1CN1C(=O)C(=O)/C(=C(/O)c2cc(C(C)(C)C)ccc2OC)C1c1cccc(C)c1. The highest BCUT2D eigenvalue weighted by molar-refractivity contribution is 6.46. The maximum Gasteiger partial charge on any atom is 0.295 e. The van der Waals surface area contributed by atoms with Crippen molar-refractivity contribution in [2.45, 2.75) is 45.7 Å². The van der Waals surface area contributed by atoms with Crippen LogP contribution in [0.1, 0.15) is 54.6 Å². The molecule has 0 radical (unpaired) electrons. The fourth-order valence-corrected chi connectivity index (χ4v) is 4.75. The first-order chi connectivity index (χ1) is 17.6. The number of carbonyl (C=O) groups is 2. The standard InChI is InChI=1S/C31H33NO5/c1-19-10-9-12-20(16-19)27-26(28(33)23-17-22(31(2,3)4)14-15-25(23)37-6)29(34)30(35)32(27)18-21-11-7-8-13-24(21)36-5/h7-17,27,33H,18H2,1-6H3/b28-26+. The van der Waals surface area contributed by atoms with Crippen molar-refractivity contribution in [2.24, 2.45) is 0 Å². The van der Waals surface area contributed by atoms with Crippen LogP contribution in [-0.4, -0.2) is 35.9 Å². The van der Waals surface area contributed by atoms with E-state index in [0.29, 0.717) is 17.1 Å². The number of amides is 1. The van der Waals surface area contributed by atoms with Gasteiger partial charge in [-0.1, -0.05) is 74.9 Å². The summed E-state index contributed by atoms with van der Waals surface area (Å²) in [6.07, 6.45) is 0. The quantitative estimate of drug-likeness (QED) is 0.258. The molecule has 0 bridgehead atoms. The van der Waals surface area contributed by atoms with Crippen molar-refractivity contribution in [3.63, 3.8) is 0 Å². The predicted molar refractivity (Wildman–Crippen MR) is 144 cm³/mol. The molecule has 37 heavy (non-hydrogen) atoms. The summed E-state index contributed by atoms with van der Waals surface area (Å²) >= 11 is 0. The first kappa shape index (κ1) is 26.0. The Labute approximate surface area is 218 Å². The number of hydrogen-bond acceptors (Lipinski definition) is 5. The molecule has 0 saturated carbocycles. The van der Waals surface area contributed by atoms with Crippen LogP contribution in [0.5, 0.6) is 11.5 Å². The maximum atomic E-state index is 13.5. The Morgan fingerprint density at radius 1 is 0.919 bits per heavy atom. The molecule has 1 saturated heterocycles. The third-order valence-corrected chi connectivity index (χ3v) is 6.75. The Morgan fingerprint density at radius 3 is 2.27 bits per heavy atom. The minimum atomic E-state index is -0.784. The van der Waals surface area contributed by atoms with E-state index in [0.717, 1.165) is 22.3 Å². The van der Waals surface area contributed by atoms with Crippen LogP contribution in [0.15, 0.2) is 72.3 Å². The second-order valence-corrected chi connectivity index (χ2v) is 10.3. The second-order valence-electron chi connectivity index (χ2n) is 10.3. The lowest BCUT2D eigenvalue weighted by atomic mass is 9.85. The molecule has 0 aliphatic carbocycles. The van der Waals surface area contributed by atoms with E-state index in [2.05, 4.69) is 20.8 Å². The summed E-state index contributed by atoms with van der Waals surface area (Å²) in [7, 11) is 3.08. The summed E-state index contributed by atoms with van der Waals surface area (Å²) in [6.45, 7) is 8.29. The van der Waals surface area contributed by atoms with Gasteiger partial charge in [-0.25, -0.2) is 0 Å². The number of aliphatic hydroxyl groups is 1. The number of hydrogen-bond donors (Lipinski definition) is 1. The van der Waals surface area contributed by atoms with E-state index >= 15 is 0 Å². The number of ether oxygens (including phenoxy) is 2. The number of carbonyl (C=O) groups excluding carboxylic acids is 2. The molecule has 6 nitrogen and oxygen atoms in total. The summed E-state index contributed by atoms with van der Waals surface area (Å²) in [5, 5.41) is 11.7. The third kappa shape index (κ3) is 4.96. The van der Waals surface area contributed by atoms with Crippen LogP contribution in [0.4, 0.5) is 0 Å². The van der Waals surface area contributed by atoms with Crippen molar-refractivity contribution in [3.05, 3.63) is 100 Å². The third-order valence-electron chi connectivity index (χ3n) is 6.75. The summed E-state index contributed by atoms with van der Waals surface area (Å²) in [4.78, 5) is 28.5. The lowest BCUT2D eigenvalue weighted by Crippen LogP contribution is -2.29. The number of Topliss-reactive ketones (excluding diaryl/α,β-unsaturated/α-hetero) is 1. The summed E-state index contributed by atoms with van der Waals surface area (Å²) in [6, 6.07) is 19.8. The Balaban J connectivity index is 1.94. The van der Waals surface area contributed by atoms with Crippen molar-refractivity contribution in [3.8, 4) is 11.5 Å². The van der Waals surface area contributed by atoms with Gasteiger partial charge in [-0.2, -0.15) is 0 Å². The van der Waals surface area contributed by atoms with Crippen LogP contribution in [0, 0.1) is 6.92 Å². The van der Waals surface area contributed by atoms with Gasteiger partial charge in [0.1, 0.15) is 17.3 Å². The molecule has 1 fully saturated rings. The summed E-state index contributed by atoms with van der Waals surface area (Å²) in [5.41, 5.74) is 3.65. The van der Waals surface area contributed by atoms with E-state index in [1.807, 2.05) is 67.6 Å². The number of methoxy groups -OCH3 is 2. The van der Waals surface area contributed by atoms with Crippen LogP contribution >= 0.6 is 0 Å². The highest BCUT2D eigenvalue weighted by atomic mass is 16.5. The topological polar surface area (TPSA) is 76.1 Å². The first-order valence-electron chi connectivity index (χ1n) is 12.2. The molecular formula is C31H33NO5. The van der Waals surface area contributed by atoms with Crippen molar-refractivity contribution in [2.75, 3.05) is 14.2 Å². The van der Waals surface area contributed by atoms with Gasteiger partial charge in [-0.05, 0) is 41.7 Å². The molecule has 192 valence electrons. The summed E-state index contributed by atoms with van der Waals surface area (Å²) in [5.74, 6) is -0.626. The van der Waals surface area contributed by atoms with E-state index in [-0.39, 0.29) is 23.3 Å². The van der Waals surface area contributed by atoms with E-state index < -0.39 is 17.7 Å². The Bertz CT molecular complexity index is 1380. The monoisotopic (exact) mass is 499 g/mol. The number of benzene rings is 3. The fraction of sp³-hybridized carbons (Fsp3) is 0.290. The van der Waals surface area contributed by atoms with Gasteiger partial charge in [0, 0.05) is 5.56 Å². The predicted octanol–water partition coefficient (Wildman–Crippen LogP) is 5.93. The fourth-order valence-electron chi connectivity index (χ4n) is 4.75. The van der Waals surface area contributed by atoms with E-state index in [4.69, 9.17) is 9.47 Å². The van der Waals surface area contributed by atoms with Crippen LogP contribution in [-0.2, 0) is 21.5 Å². The molecule has 1 aliphatic rings. The Morgan fingerprint density at radius 2 is 1.62 bits per heavy atom. The molecule has 1 aliphatic heterocycles. The average Bonchev–Trinajstić information content (AvgIpc) is 3.12. The van der Waals surface area contributed by atoms with Gasteiger partial charge >= 0.3 is 0 Å². The molecule has 0 aromatic heterocycles. The molecule has 1 amide bonds. The van der Waals surface area contributed by atoms with Crippen LogP contribution in [0.25, 0.3) is 5.76 Å². The lowest BCUT2D eigenvalue weighted by Gasteiger charge is -2.26. The van der Waals surface area contributed by atoms with Gasteiger partial charge in [0.25, 0.3) is 11.7 Å².